The predicted octanol–water partition coefficient (Wildman–Crippen LogP) is 4.29. The van der Waals surface area contributed by atoms with Gasteiger partial charge in [0.2, 0.25) is 11.8 Å². The molecule has 1 aromatic carbocycles. The van der Waals surface area contributed by atoms with E-state index in [0.717, 1.165) is 36.4 Å². The number of ether oxygens (including phenoxy) is 1. The molecule has 6 heteroatoms. The first-order valence-electron chi connectivity index (χ1n) is 11.0. The SMILES string of the molecule is CC(C)C(=O)Nc1ccc(N(C)C)c(CN(C[C@@H]2CCCO2)C(=O)CC(C)(C)C)c1. The minimum Gasteiger partial charge on any atom is -0.377 e. The molecule has 2 amide bonds. The lowest BCUT2D eigenvalue weighted by atomic mass is 9.91. The van der Waals surface area contributed by atoms with Gasteiger partial charge < -0.3 is 19.9 Å². The van der Waals surface area contributed by atoms with E-state index in [1.165, 1.54) is 0 Å². The molecule has 168 valence electrons. The second kappa shape index (κ2) is 10.3. The van der Waals surface area contributed by atoms with E-state index >= 15 is 0 Å². The van der Waals surface area contributed by atoms with Crippen molar-refractivity contribution < 1.29 is 14.3 Å². The largest absolute Gasteiger partial charge is 0.377 e. The van der Waals surface area contributed by atoms with Gasteiger partial charge in [0.15, 0.2) is 0 Å². The summed E-state index contributed by atoms with van der Waals surface area (Å²) in [7, 11) is 3.99. The van der Waals surface area contributed by atoms with Crippen LogP contribution in [0.2, 0.25) is 0 Å². The Labute approximate surface area is 182 Å². The molecule has 30 heavy (non-hydrogen) atoms. The van der Waals surface area contributed by atoms with Crippen LogP contribution in [0.25, 0.3) is 0 Å². The molecule has 6 nitrogen and oxygen atoms in total. The van der Waals surface area contributed by atoms with Crippen molar-refractivity contribution in [3.63, 3.8) is 0 Å². The van der Waals surface area contributed by atoms with Gasteiger partial charge in [0, 0.05) is 57.5 Å². The van der Waals surface area contributed by atoms with Crippen molar-refractivity contribution in [3.05, 3.63) is 23.8 Å². The Balaban J connectivity index is 2.30. The summed E-state index contributed by atoms with van der Waals surface area (Å²) < 4.78 is 5.82. The van der Waals surface area contributed by atoms with Crippen LogP contribution < -0.4 is 10.2 Å². The second-order valence-electron chi connectivity index (χ2n) is 10.0. The van der Waals surface area contributed by atoms with Crippen molar-refractivity contribution in [2.24, 2.45) is 11.3 Å². The maximum absolute atomic E-state index is 13.2. The lowest BCUT2D eigenvalue weighted by molar-refractivity contribution is -0.135. The second-order valence-corrected chi connectivity index (χ2v) is 10.0. The van der Waals surface area contributed by atoms with Gasteiger partial charge in [0.25, 0.3) is 0 Å². The molecule has 1 heterocycles. The van der Waals surface area contributed by atoms with Gasteiger partial charge in [-0.25, -0.2) is 0 Å². The number of hydrogen-bond donors (Lipinski definition) is 1. The fourth-order valence-corrected chi connectivity index (χ4v) is 3.57. The van der Waals surface area contributed by atoms with Gasteiger partial charge in [0.05, 0.1) is 6.10 Å². The standard InChI is InChI=1S/C24H39N3O3/c1-17(2)23(29)25-19-10-11-21(26(6)7)18(13-19)15-27(16-20-9-8-12-30-20)22(28)14-24(3,4)5/h10-11,13,17,20H,8-9,12,14-16H2,1-7H3,(H,25,29)/t20-/m0/s1. The first-order chi connectivity index (χ1) is 14.0. The fourth-order valence-electron chi connectivity index (χ4n) is 3.57. The van der Waals surface area contributed by atoms with Crippen molar-refractivity contribution in [2.75, 3.05) is 37.5 Å². The minimum absolute atomic E-state index is 0.0152. The highest BCUT2D eigenvalue weighted by Gasteiger charge is 2.26. The molecule has 1 atom stereocenters. The number of rotatable bonds is 8. The third kappa shape index (κ3) is 7.31. The van der Waals surface area contributed by atoms with Crippen molar-refractivity contribution in [2.45, 2.75) is 66.5 Å². The summed E-state index contributed by atoms with van der Waals surface area (Å²) in [6.45, 7) is 11.9. The van der Waals surface area contributed by atoms with Crippen LogP contribution in [-0.4, -0.2) is 50.1 Å². The van der Waals surface area contributed by atoms with Crippen LogP contribution in [0.15, 0.2) is 18.2 Å². The highest BCUT2D eigenvalue weighted by Crippen LogP contribution is 2.27. The van der Waals surface area contributed by atoms with E-state index in [4.69, 9.17) is 4.74 Å². The number of anilines is 2. The summed E-state index contributed by atoms with van der Waals surface area (Å²) in [5.74, 6) is 0.0317. The van der Waals surface area contributed by atoms with Gasteiger partial charge in [-0.15, -0.1) is 0 Å². The highest BCUT2D eigenvalue weighted by molar-refractivity contribution is 5.92. The summed E-state index contributed by atoms with van der Waals surface area (Å²) >= 11 is 0. The number of nitrogens with zero attached hydrogens (tertiary/aromatic N) is 2. The molecule has 1 fully saturated rings. The Morgan fingerprint density at radius 2 is 1.93 bits per heavy atom. The van der Waals surface area contributed by atoms with Crippen LogP contribution in [0.4, 0.5) is 11.4 Å². The van der Waals surface area contributed by atoms with Gasteiger partial charge >= 0.3 is 0 Å². The molecule has 0 aliphatic carbocycles. The van der Waals surface area contributed by atoms with Crippen LogP contribution in [0.5, 0.6) is 0 Å². The maximum Gasteiger partial charge on any atom is 0.226 e. The lowest BCUT2D eigenvalue weighted by Gasteiger charge is -2.30. The van der Waals surface area contributed by atoms with Gasteiger partial charge in [-0.2, -0.15) is 0 Å². The average molecular weight is 418 g/mol. The molecule has 0 unspecified atom stereocenters. The molecule has 0 radical (unpaired) electrons. The van der Waals surface area contributed by atoms with Crippen molar-refractivity contribution in [1.82, 2.24) is 4.90 Å². The van der Waals surface area contributed by atoms with Crippen molar-refractivity contribution >= 4 is 23.2 Å². The smallest absolute Gasteiger partial charge is 0.226 e. The molecular weight excluding hydrogens is 378 g/mol. The van der Waals surface area contributed by atoms with E-state index in [2.05, 4.69) is 26.1 Å². The molecular formula is C24H39N3O3. The van der Waals surface area contributed by atoms with Gasteiger partial charge in [-0.1, -0.05) is 34.6 Å². The molecule has 1 aromatic rings. The molecule has 0 spiro atoms. The summed E-state index contributed by atoms with van der Waals surface area (Å²) in [5, 5.41) is 2.98. The summed E-state index contributed by atoms with van der Waals surface area (Å²) in [5.41, 5.74) is 2.73. The zero-order chi connectivity index (χ0) is 22.5. The van der Waals surface area contributed by atoms with Gasteiger partial charge in [0.1, 0.15) is 0 Å². The number of carbonyl (C=O) groups excluding carboxylic acids is 2. The summed E-state index contributed by atoms with van der Waals surface area (Å²) in [4.78, 5) is 29.3. The third-order valence-corrected chi connectivity index (χ3v) is 5.20. The zero-order valence-electron chi connectivity index (χ0n) is 19.7. The molecule has 1 aliphatic rings. The van der Waals surface area contributed by atoms with E-state index in [-0.39, 0.29) is 29.3 Å². The average Bonchev–Trinajstić information content (AvgIpc) is 3.12. The minimum atomic E-state index is -0.0913. The molecule has 2 rings (SSSR count). The number of amides is 2. The van der Waals surface area contributed by atoms with Crippen LogP contribution in [0.3, 0.4) is 0 Å². The van der Waals surface area contributed by atoms with E-state index in [0.29, 0.717) is 19.5 Å². The zero-order valence-corrected chi connectivity index (χ0v) is 19.7. The summed E-state index contributed by atoms with van der Waals surface area (Å²) in [6.07, 6.45) is 2.62. The number of carbonyl (C=O) groups is 2. The predicted molar refractivity (Wildman–Crippen MR) is 123 cm³/mol. The molecule has 0 saturated carbocycles. The van der Waals surface area contributed by atoms with E-state index in [1.807, 2.05) is 55.9 Å². The Bertz CT molecular complexity index is 732. The van der Waals surface area contributed by atoms with Crippen LogP contribution in [-0.2, 0) is 20.9 Å². The number of hydrogen-bond acceptors (Lipinski definition) is 4. The van der Waals surface area contributed by atoms with Crippen LogP contribution in [0, 0.1) is 11.3 Å². The number of nitrogens with one attached hydrogen (secondary N) is 1. The van der Waals surface area contributed by atoms with Crippen LogP contribution >= 0.6 is 0 Å². The fraction of sp³-hybridized carbons (Fsp3) is 0.667. The first-order valence-corrected chi connectivity index (χ1v) is 11.0. The van der Waals surface area contributed by atoms with E-state index in [9.17, 15) is 9.59 Å². The first kappa shape index (κ1) is 24.2. The molecule has 1 N–H and O–H groups in total. The monoisotopic (exact) mass is 417 g/mol. The molecule has 1 saturated heterocycles. The van der Waals surface area contributed by atoms with E-state index in [1.54, 1.807) is 0 Å². The summed E-state index contributed by atoms with van der Waals surface area (Å²) in [6, 6.07) is 5.91. The lowest BCUT2D eigenvalue weighted by Crippen LogP contribution is -2.38. The van der Waals surface area contributed by atoms with Crippen molar-refractivity contribution in [3.8, 4) is 0 Å². The van der Waals surface area contributed by atoms with Gasteiger partial charge in [-0.3, -0.25) is 9.59 Å². The third-order valence-electron chi connectivity index (χ3n) is 5.20. The molecule has 1 aliphatic heterocycles. The topological polar surface area (TPSA) is 61.9 Å². The Morgan fingerprint density at radius 3 is 2.47 bits per heavy atom. The Morgan fingerprint density at radius 1 is 1.23 bits per heavy atom. The highest BCUT2D eigenvalue weighted by atomic mass is 16.5. The Kier molecular flexibility index (Phi) is 8.30. The van der Waals surface area contributed by atoms with E-state index < -0.39 is 0 Å². The number of benzene rings is 1. The Hall–Kier alpha value is -2.08. The quantitative estimate of drug-likeness (QED) is 0.685. The normalized spacial score (nSPS) is 16.6. The molecule has 0 aromatic heterocycles. The maximum atomic E-state index is 13.2. The van der Waals surface area contributed by atoms with Crippen LogP contribution in [0.1, 0.15) is 59.4 Å². The molecule has 0 bridgehead atoms. The van der Waals surface area contributed by atoms with Gasteiger partial charge in [-0.05, 0) is 42.0 Å². The van der Waals surface area contributed by atoms with Crippen molar-refractivity contribution in [1.29, 1.82) is 0 Å².